The average molecular weight is 239 g/mol. The Kier molecular flexibility index (Phi) is 2.02. The highest BCUT2D eigenvalue weighted by molar-refractivity contribution is 9.10. The number of aromatic nitrogens is 3. The minimum absolute atomic E-state index is 0.619. The molecule has 5 heteroatoms. The van der Waals surface area contributed by atoms with Crippen LogP contribution in [0.3, 0.4) is 0 Å². The number of halogens is 1. The van der Waals surface area contributed by atoms with E-state index in [9.17, 15) is 0 Å². The molecule has 0 atom stereocenters. The lowest BCUT2D eigenvalue weighted by Gasteiger charge is -2.00. The van der Waals surface area contributed by atoms with Crippen LogP contribution in [-0.2, 0) is 0 Å². The van der Waals surface area contributed by atoms with E-state index in [1.54, 1.807) is 12.4 Å². The van der Waals surface area contributed by atoms with Gasteiger partial charge in [-0.2, -0.15) is 5.10 Å². The smallest absolute Gasteiger partial charge is 0.115 e. The number of nitrogens with two attached hydrogens (primary N) is 1. The molecule has 3 N–H and O–H groups in total. The van der Waals surface area contributed by atoms with Gasteiger partial charge in [0.05, 0.1) is 17.6 Å². The van der Waals surface area contributed by atoms with Crippen LogP contribution in [0.1, 0.15) is 0 Å². The van der Waals surface area contributed by atoms with Crippen LogP contribution in [0.25, 0.3) is 11.3 Å². The predicted octanol–water partition coefficient (Wildman–Crippen LogP) is 1.82. The molecule has 0 amide bonds. The quantitative estimate of drug-likeness (QED) is 0.745. The monoisotopic (exact) mass is 238 g/mol. The molecule has 2 aromatic heterocycles. The fourth-order valence-corrected chi connectivity index (χ4v) is 1.53. The van der Waals surface area contributed by atoms with Crippen molar-refractivity contribution in [3.05, 3.63) is 29.1 Å². The van der Waals surface area contributed by atoms with Crippen molar-refractivity contribution in [2.45, 2.75) is 0 Å². The van der Waals surface area contributed by atoms with Crippen LogP contribution in [0.4, 0.5) is 5.69 Å². The third-order valence-corrected chi connectivity index (χ3v) is 2.33. The van der Waals surface area contributed by atoms with Gasteiger partial charge in [0, 0.05) is 11.8 Å². The third-order valence-electron chi connectivity index (χ3n) is 1.70. The van der Waals surface area contributed by atoms with Crippen LogP contribution in [0.2, 0.25) is 0 Å². The van der Waals surface area contributed by atoms with E-state index in [2.05, 4.69) is 31.1 Å². The summed E-state index contributed by atoms with van der Waals surface area (Å²) >= 11 is 3.34. The van der Waals surface area contributed by atoms with Gasteiger partial charge in [-0.1, -0.05) is 0 Å². The van der Waals surface area contributed by atoms with Gasteiger partial charge in [-0.3, -0.25) is 5.10 Å². The molecule has 0 bridgehead atoms. The molecule has 0 radical (unpaired) electrons. The van der Waals surface area contributed by atoms with Gasteiger partial charge in [-0.05, 0) is 28.1 Å². The molecule has 0 aliphatic heterocycles. The number of pyridine rings is 1. The molecule has 2 aromatic rings. The van der Waals surface area contributed by atoms with Crippen LogP contribution in [0.15, 0.2) is 29.1 Å². The summed E-state index contributed by atoms with van der Waals surface area (Å²) in [5.74, 6) is 0. The topological polar surface area (TPSA) is 67.6 Å². The Balaban J connectivity index is 2.59. The van der Waals surface area contributed by atoms with E-state index in [1.807, 2.05) is 12.1 Å². The Labute approximate surface area is 83.3 Å². The molecule has 0 aliphatic carbocycles. The zero-order chi connectivity index (χ0) is 9.26. The Hall–Kier alpha value is -1.36. The molecule has 0 saturated carbocycles. The lowest BCUT2D eigenvalue weighted by Crippen LogP contribution is -1.88. The Morgan fingerprint density at radius 1 is 1.46 bits per heavy atom. The number of nitrogens with zero attached hydrogens (tertiary/aromatic N) is 2. The number of hydrogen-bond acceptors (Lipinski definition) is 3. The molecule has 0 unspecified atom stereocenters. The van der Waals surface area contributed by atoms with Crippen molar-refractivity contribution < 1.29 is 0 Å². The van der Waals surface area contributed by atoms with Crippen molar-refractivity contribution in [2.24, 2.45) is 0 Å². The number of nitrogens with one attached hydrogen (secondary N) is 1. The highest BCUT2D eigenvalue weighted by Gasteiger charge is 2.07. The summed E-state index contributed by atoms with van der Waals surface area (Å²) in [5, 5.41) is 6.66. The number of anilines is 1. The highest BCUT2D eigenvalue weighted by atomic mass is 79.9. The van der Waals surface area contributed by atoms with Gasteiger partial charge < -0.3 is 5.73 Å². The van der Waals surface area contributed by atoms with Crippen molar-refractivity contribution in [3.8, 4) is 11.3 Å². The summed E-state index contributed by atoms with van der Waals surface area (Å²) in [6.07, 6.45) is 3.29. The van der Waals surface area contributed by atoms with Gasteiger partial charge in [0.25, 0.3) is 0 Å². The Morgan fingerprint density at radius 3 is 2.92 bits per heavy atom. The zero-order valence-electron chi connectivity index (χ0n) is 6.66. The first-order valence-electron chi connectivity index (χ1n) is 3.69. The molecule has 0 spiro atoms. The van der Waals surface area contributed by atoms with E-state index in [0.717, 1.165) is 15.9 Å². The second-order valence-electron chi connectivity index (χ2n) is 2.54. The molecule has 13 heavy (non-hydrogen) atoms. The number of nitrogen functional groups attached to an aromatic ring is 1. The van der Waals surface area contributed by atoms with Gasteiger partial charge >= 0.3 is 0 Å². The van der Waals surface area contributed by atoms with Crippen molar-refractivity contribution >= 4 is 21.6 Å². The Bertz CT molecular complexity index is 424. The van der Waals surface area contributed by atoms with Crippen molar-refractivity contribution in [1.82, 2.24) is 15.2 Å². The van der Waals surface area contributed by atoms with Gasteiger partial charge in [0.15, 0.2) is 0 Å². The summed E-state index contributed by atoms with van der Waals surface area (Å²) in [6, 6.07) is 3.77. The van der Waals surface area contributed by atoms with Gasteiger partial charge in [-0.15, -0.1) is 0 Å². The minimum Gasteiger partial charge on any atom is -0.396 e. The molecule has 66 valence electrons. The van der Waals surface area contributed by atoms with Crippen LogP contribution >= 0.6 is 15.9 Å². The highest BCUT2D eigenvalue weighted by Crippen LogP contribution is 2.27. The van der Waals surface area contributed by atoms with Gasteiger partial charge in [0.1, 0.15) is 4.60 Å². The molecule has 4 nitrogen and oxygen atoms in total. The fraction of sp³-hybridized carbons (Fsp3) is 0. The van der Waals surface area contributed by atoms with E-state index in [1.165, 1.54) is 0 Å². The second kappa shape index (κ2) is 3.18. The van der Waals surface area contributed by atoms with Crippen LogP contribution in [0.5, 0.6) is 0 Å². The summed E-state index contributed by atoms with van der Waals surface area (Å²) < 4.78 is 0.756. The molecule has 0 fully saturated rings. The minimum atomic E-state index is 0.619. The molecular formula is C8H7BrN4. The maximum absolute atomic E-state index is 5.70. The lowest BCUT2D eigenvalue weighted by molar-refractivity contribution is 1.09. The summed E-state index contributed by atoms with van der Waals surface area (Å²) in [5.41, 5.74) is 8.02. The number of rotatable bonds is 1. The van der Waals surface area contributed by atoms with E-state index in [4.69, 9.17) is 5.73 Å². The van der Waals surface area contributed by atoms with E-state index in [0.29, 0.717) is 5.69 Å². The molecule has 0 aliphatic rings. The first-order valence-corrected chi connectivity index (χ1v) is 4.48. The van der Waals surface area contributed by atoms with E-state index in [-0.39, 0.29) is 0 Å². The molecule has 0 saturated heterocycles. The summed E-state index contributed by atoms with van der Waals surface area (Å²) in [6.45, 7) is 0. The number of H-pyrrole nitrogens is 1. The summed E-state index contributed by atoms with van der Waals surface area (Å²) in [4.78, 5) is 4.09. The van der Waals surface area contributed by atoms with Crippen molar-refractivity contribution in [2.75, 3.05) is 5.73 Å². The zero-order valence-corrected chi connectivity index (χ0v) is 8.25. The molecule has 0 aromatic carbocycles. The molecule has 2 rings (SSSR count). The normalized spacial score (nSPS) is 10.2. The maximum atomic E-state index is 5.70. The number of hydrogen-bond donors (Lipinski definition) is 2. The van der Waals surface area contributed by atoms with Crippen LogP contribution in [0, 0.1) is 0 Å². The largest absolute Gasteiger partial charge is 0.396 e. The molecule has 2 heterocycles. The van der Waals surface area contributed by atoms with Crippen molar-refractivity contribution in [1.29, 1.82) is 0 Å². The Morgan fingerprint density at radius 2 is 2.31 bits per heavy atom. The fourth-order valence-electron chi connectivity index (χ4n) is 1.08. The van der Waals surface area contributed by atoms with Crippen LogP contribution < -0.4 is 5.73 Å². The van der Waals surface area contributed by atoms with Crippen LogP contribution in [-0.4, -0.2) is 15.2 Å². The SMILES string of the molecule is Nc1cn[nH]c1-c1cccnc1Br. The maximum Gasteiger partial charge on any atom is 0.115 e. The second-order valence-corrected chi connectivity index (χ2v) is 3.29. The third kappa shape index (κ3) is 1.42. The molecular weight excluding hydrogens is 232 g/mol. The van der Waals surface area contributed by atoms with E-state index < -0.39 is 0 Å². The standard InChI is InChI=1S/C8H7BrN4/c9-8-5(2-1-3-11-8)7-6(10)4-12-13-7/h1-4H,10H2,(H,12,13). The first-order chi connectivity index (χ1) is 6.29. The number of aromatic amines is 1. The van der Waals surface area contributed by atoms with E-state index >= 15 is 0 Å². The predicted molar refractivity (Wildman–Crippen MR) is 53.9 cm³/mol. The van der Waals surface area contributed by atoms with Crippen molar-refractivity contribution in [3.63, 3.8) is 0 Å². The summed E-state index contributed by atoms with van der Waals surface area (Å²) in [7, 11) is 0. The first kappa shape index (κ1) is 8.25. The lowest BCUT2D eigenvalue weighted by atomic mass is 10.2. The van der Waals surface area contributed by atoms with Gasteiger partial charge in [0.2, 0.25) is 0 Å². The van der Waals surface area contributed by atoms with Gasteiger partial charge in [-0.25, -0.2) is 4.98 Å². The average Bonchev–Trinajstić information content (AvgIpc) is 2.52.